The van der Waals surface area contributed by atoms with Gasteiger partial charge in [0.2, 0.25) is 0 Å². The summed E-state index contributed by atoms with van der Waals surface area (Å²) in [5, 5.41) is 9.84. The molecule has 3 rings (SSSR count). The maximum Gasteiger partial charge on any atom is 0.157 e. The third-order valence-electron chi connectivity index (χ3n) is 4.24. The minimum atomic E-state index is -0.647. The Bertz CT molecular complexity index is 524. The van der Waals surface area contributed by atoms with E-state index in [2.05, 4.69) is 6.07 Å². The van der Waals surface area contributed by atoms with Crippen molar-refractivity contribution in [1.82, 2.24) is 0 Å². The van der Waals surface area contributed by atoms with Gasteiger partial charge in [0.1, 0.15) is 5.92 Å². The van der Waals surface area contributed by atoms with Crippen LogP contribution in [0.3, 0.4) is 0 Å². The van der Waals surface area contributed by atoms with Gasteiger partial charge in [-0.3, -0.25) is 4.79 Å². The molecule has 2 aliphatic carbocycles. The molecule has 0 spiro atoms. The minimum Gasteiger partial charge on any atom is -0.298 e. The van der Waals surface area contributed by atoms with Gasteiger partial charge >= 0.3 is 0 Å². The van der Waals surface area contributed by atoms with E-state index >= 15 is 0 Å². The van der Waals surface area contributed by atoms with Crippen LogP contribution in [-0.4, -0.2) is 5.78 Å². The number of ketones is 1. The Morgan fingerprint density at radius 3 is 2.67 bits per heavy atom. The smallest absolute Gasteiger partial charge is 0.157 e. The maximum absolute atomic E-state index is 12.4. The van der Waals surface area contributed by atoms with Gasteiger partial charge in [-0.25, -0.2) is 0 Å². The molecule has 3 heteroatoms. The molecule has 0 amide bonds. The molecular weight excluding hydrogens is 246 g/mol. The van der Waals surface area contributed by atoms with Gasteiger partial charge in [-0.15, -0.1) is 0 Å². The van der Waals surface area contributed by atoms with Gasteiger partial charge in [0.15, 0.2) is 5.78 Å². The molecule has 2 nitrogen and oxygen atoms in total. The number of hydrogen-bond donors (Lipinski definition) is 0. The zero-order valence-electron chi connectivity index (χ0n) is 9.97. The van der Waals surface area contributed by atoms with E-state index in [0.717, 1.165) is 30.2 Å². The third kappa shape index (κ3) is 2.04. The molecular formula is C15H14ClNO. The lowest BCUT2D eigenvalue weighted by Crippen LogP contribution is -2.20. The summed E-state index contributed by atoms with van der Waals surface area (Å²) in [6.07, 6.45) is 3.27. The normalized spacial score (nSPS) is 30.3. The summed E-state index contributed by atoms with van der Waals surface area (Å²) >= 11 is 5.92. The van der Waals surface area contributed by atoms with E-state index in [1.54, 1.807) is 18.2 Å². The van der Waals surface area contributed by atoms with Crippen molar-refractivity contribution in [1.29, 1.82) is 5.26 Å². The van der Waals surface area contributed by atoms with Crippen molar-refractivity contribution in [3.63, 3.8) is 0 Å². The summed E-state index contributed by atoms with van der Waals surface area (Å²) < 4.78 is 0. The number of benzene rings is 1. The average Bonchev–Trinajstić information content (AvgIpc) is 2.97. The van der Waals surface area contributed by atoms with Crippen molar-refractivity contribution in [2.24, 2.45) is 17.8 Å². The highest BCUT2D eigenvalue weighted by Crippen LogP contribution is 2.55. The lowest BCUT2D eigenvalue weighted by Gasteiger charge is -2.15. The predicted molar refractivity (Wildman–Crippen MR) is 69.1 cm³/mol. The first-order chi connectivity index (χ1) is 8.69. The molecule has 1 aromatic rings. The number of hydrogen-bond acceptors (Lipinski definition) is 2. The molecule has 3 unspecified atom stereocenters. The Morgan fingerprint density at radius 1 is 1.33 bits per heavy atom. The predicted octanol–water partition coefficient (Wildman–Crippen LogP) is 3.56. The highest BCUT2D eigenvalue weighted by molar-refractivity contribution is 6.30. The van der Waals surface area contributed by atoms with E-state index in [1.165, 1.54) is 6.42 Å². The van der Waals surface area contributed by atoms with E-state index in [-0.39, 0.29) is 11.7 Å². The number of Topliss-reactive ketones (excluding diaryl/α,β-unsaturated/α-hetero) is 1. The van der Waals surface area contributed by atoms with Gasteiger partial charge in [-0.2, -0.15) is 5.26 Å². The van der Waals surface area contributed by atoms with Crippen LogP contribution in [0.2, 0.25) is 5.02 Å². The largest absolute Gasteiger partial charge is 0.298 e. The molecule has 2 aliphatic rings. The monoisotopic (exact) mass is 259 g/mol. The maximum atomic E-state index is 12.4. The first-order valence-corrected chi connectivity index (χ1v) is 6.75. The Kier molecular flexibility index (Phi) is 2.87. The van der Waals surface area contributed by atoms with Crippen molar-refractivity contribution in [3.05, 3.63) is 34.9 Å². The molecule has 0 heterocycles. The molecule has 0 aliphatic heterocycles. The zero-order chi connectivity index (χ0) is 12.7. The topological polar surface area (TPSA) is 40.9 Å². The van der Waals surface area contributed by atoms with E-state index in [1.807, 2.05) is 6.07 Å². The molecule has 0 radical (unpaired) electrons. The van der Waals surface area contributed by atoms with Gasteiger partial charge in [0.25, 0.3) is 0 Å². The Balaban J connectivity index is 1.80. The number of nitrogens with zero attached hydrogens (tertiary/aromatic N) is 1. The van der Waals surface area contributed by atoms with Crippen LogP contribution in [0, 0.1) is 29.1 Å². The van der Waals surface area contributed by atoms with Gasteiger partial charge in [0.05, 0.1) is 6.07 Å². The van der Waals surface area contributed by atoms with Crippen LogP contribution < -0.4 is 0 Å². The summed E-state index contributed by atoms with van der Waals surface area (Å²) in [6.45, 7) is 0. The van der Waals surface area contributed by atoms with Crippen molar-refractivity contribution < 1.29 is 4.79 Å². The van der Waals surface area contributed by atoms with Crippen molar-refractivity contribution in [2.75, 3.05) is 0 Å². The minimum absolute atomic E-state index is 0.0898. The van der Waals surface area contributed by atoms with Crippen LogP contribution in [0.4, 0.5) is 0 Å². The summed E-state index contributed by atoms with van der Waals surface area (Å²) in [5.41, 5.74) is 0.732. The highest BCUT2D eigenvalue weighted by Gasteiger charge is 2.49. The summed E-state index contributed by atoms with van der Waals surface area (Å²) in [7, 11) is 0. The van der Waals surface area contributed by atoms with Crippen LogP contribution in [0.15, 0.2) is 24.3 Å². The van der Waals surface area contributed by atoms with Crippen LogP contribution in [0.1, 0.15) is 30.7 Å². The molecule has 92 valence electrons. The number of carbonyl (C=O) groups excluding carboxylic acids is 1. The Labute approximate surface area is 112 Å². The zero-order valence-corrected chi connectivity index (χ0v) is 10.7. The van der Waals surface area contributed by atoms with E-state index in [4.69, 9.17) is 11.6 Å². The molecule has 3 atom stereocenters. The fourth-order valence-corrected chi connectivity index (χ4v) is 3.37. The van der Waals surface area contributed by atoms with Crippen LogP contribution in [0.25, 0.3) is 0 Å². The lowest BCUT2D eigenvalue weighted by molar-refractivity contribution is -0.123. The van der Waals surface area contributed by atoms with Gasteiger partial charge in [0, 0.05) is 10.9 Å². The van der Waals surface area contributed by atoms with E-state index in [9.17, 15) is 10.1 Å². The van der Waals surface area contributed by atoms with Crippen molar-refractivity contribution in [3.8, 4) is 6.07 Å². The standard InChI is InChI=1S/C15H14ClNO/c16-13-3-1-2-9(7-13)14(8-17)15(18)12-5-10-4-11(10)6-12/h1-3,7,10-12,14H,4-6H2. The number of rotatable bonds is 3. The first-order valence-electron chi connectivity index (χ1n) is 6.38. The first kappa shape index (κ1) is 11.7. The summed E-state index contributed by atoms with van der Waals surface area (Å²) in [5.74, 6) is 1.06. The molecule has 0 aromatic heterocycles. The quantitative estimate of drug-likeness (QED) is 0.833. The second-order valence-electron chi connectivity index (χ2n) is 5.44. The summed E-state index contributed by atoms with van der Waals surface area (Å²) in [4.78, 5) is 12.4. The lowest BCUT2D eigenvalue weighted by atomic mass is 9.86. The molecule has 1 aromatic carbocycles. The van der Waals surface area contributed by atoms with Crippen molar-refractivity contribution >= 4 is 17.4 Å². The molecule has 18 heavy (non-hydrogen) atoms. The van der Waals surface area contributed by atoms with Gasteiger partial charge in [-0.1, -0.05) is 23.7 Å². The van der Waals surface area contributed by atoms with Gasteiger partial charge < -0.3 is 0 Å². The highest BCUT2D eigenvalue weighted by atomic mass is 35.5. The average molecular weight is 260 g/mol. The SMILES string of the molecule is N#CC(C(=O)C1CC2CC2C1)c1cccc(Cl)c1. The second kappa shape index (κ2) is 4.40. The molecule has 2 saturated carbocycles. The number of nitriles is 1. The third-order valence-corrected chi connectivity index (χ3v) is 4.48. The van der Waals surface area contributed by atoms with Crippen LogP contribution >= 0.6 is 11.6 Å². The van der Waals surface area contributed by atoms with Gasteiger partial charge in [-0.05, 0) is 48.8 Å². The fraction of sp³-hybridized carbons (Fsp3) is 0.467. The molecule has 0 bridgehead atoms. The molecule has 0 saturated heterocycles. The van der Waals surface area contributed by atoms with Crippen LogP contribution in [-0.2, 0) is 4.79 Å². The molecule has 0 N–H and O–H groups in total. The number of halogens is 1. The Morgan fingerprint density at radius 2 is 2.06 bits per heavy atom. The summed E-state index contributed by atoms with van der Waals surface area (Å²) in [6, 6.07) is 9.23. The van der Waals surface area contributed by atoms with E-state index < -0.39 is 5.92 Å². The second-order valence-corrected chi connectivity index (χ2v) is 5.88. The van der Waals surface area contributed by atoms with Crippen LogP contribution in [0.5, 0.6) is 0 Å². The molecule has 2 fully saturated rings. The van der Waals surface area contributed by atoms with Crippen molar-refractivity contribution in [2.45, 2.75) is 25.2 Å². The number of fused-ring (bicyclic) bond motifs is 1. The fourth-order valence-electron chi connectivity index (χ4n) is 3.17. The Hall–Kier alpha value is -1.33. The van der Waals surface area contributed by atoms with E-state index in [0.29, 0.717) is 5.02 Å². The number of carbonyl (C=O) groups is 1.